The molecule has 0 rings (SSSR count). The molecule has 0 fully saturated rings. The number of aliphatic hydroxyl groups is 1. The van der Waals surface area contributed by atoms with Crippen LogP contribution < -0.4 is 10.2 Å². The first-order valence-electron chi connectivity index (χ1n) is 15.9. The van der Waals surface area contributed by atoms with Gasteiger partial charge >= 0.3 is 0 Å². The zero-order valence-electron chi connectivity index (χ0n) is 26.1. The molecule has 0 bridgehead atoms. The van der Waals surface area contributed by atoms with Gasteiger partial charge in [-0.05, 0) is 12.8 Å². The summed E-state index contributed by atoms with van der Waals surface area (Å²) >= 11 is 0. The van der Waals surface area contributed by atoms with E-state index in [9.17, 15) is 19.4 Å². The van der Waals surface area contributed by atoms with Crippen LogP contribution >= 0.6 is 7.82 Å². The topological polar surface area (TPSA) is 108 Å². The van der Waals surface area contributed by atoms with Crippen molar-refractivity contribution in [3.05, 3.63) is 0 Å². The molecule has 0 heterocycles. The average Bonchev–Trinajstić information content (AvgIpc) is 2.86. The van der Waals surface area contributed by atoms with E-state index in [4.69, 9.17) is 9.05 Å². The number of likely N-dealkylation sites (N-methyl/N-ethyl adjacent to an activating group) is 1. The van der Waals surface area contributed by atoms with Crippen molar-refractivity contribution >= 4 is 13.7 Å². The van der Waals surface area contributed by atoms with Crippen LogP contribution in [-0.4, -0.2) is 68.5 Å². The molecular weight excluding hydrogens is 515 g/mol. The molecule has 0 spiro atoms. The lowest BCUT2D eigenvalue weighted by Gasteiger charge is -2.30. The van der Waals surface area contributed by atoms with Crippen molar-refractivity contribution in [2.24, 2.45) is 0 Å². The molecule has 0 aromatic heterocycles. The average molecular weight is 579 g/mol. The second-order valence-electron chi connectivity index (χ2n) is 12.2. The molecule has 0 aliphatic heterocycles. The molecule has 3 unspecified atom stereocenters. The number of nitrogens with zero attached hydrogens (tertiary/aromatic N) is 1. The lowest BCUT2D eigenvalue weighted by atomic mass is 10.0. The number of hydrogen-bond acceptors (Lipinski definition) is 6. The summed E-state index contributed by atoms with van der Waals surface area (Å²) in [6.07, 6.45) is 20.1. The van der Waals surface area contributed by atoms with Crippen molar-refractivity contribution in [3.63, 3.8) is 0 Å². The molecule has 2 N–H and O–H groups in total. The van der Waals surface area contributed by atoms with E-state index in [1.54, 1.807) is 0 Å². The van der Waals surface area contributed by atoms with Gasteiger partial charge in [-0.25, -0.2) is 0 Å². The minimum Gasteiger partial charge on any atom is -0.756 e. The summed E-state index contributed by atoms with van der Waals surface area (Å²) < 4.78 is 22.8. The normalized spacial score (nSPS) is 15.2. The third-order valence-corrected chi connectivity index (χ3v) is 8.06. The van der Waals surface area contributed by atoms with Gasteiger partial charge in [0.05, 0.1) is 39.9 Å². The van der Waals surface area contributed by atoms with E-state index in [2.05, 4.69) is 19.2 Å². The van der Waals surface area contributed by atoms with Gasteiger partial charge < -0.3 is 28.8 Å². The highest BCUT2D eigenvalue weighted by Gasteiger charge is 2.24. The Bertz CT molecular complexity index is 629. The maximum Gasteiger partial charge on any atom is 0.268 e. The van der Waals surface area contributed by atoms with Gasteiger partial charge in [-0.2, -0.15) is 0 Å². The molecule has 3 atom stereocenters. The number of quaternary nitrogens is 1. The number of rotatable bonds is 28. The number of nitrogens with one attached hydrogen (secondary N) is 1. The number of hydrogen-bond donors (Lipinski definition) is 2. The molecule has 0 saturated heterocycles. The van der Waals surface area contributed by atoms with Gasteiger partial charge in [-0.3, -0.25) is 9.36 Å². The Morgan fingerprint density at radius 2 is 1.26 bits per heavy atom. The number of amides is 1. The van der Waals surface area contributed by atoms with Crippen LogP contribution in [0.5, 0.6) is 0 Å². The van der Waals surface area contributed by atoms with Gasteiger partial charge in [0.15, 0.2) is 0 Å². The zero-order valence-corrected chi connectivity index (χ0v) is 27.0. The van der Waals surface area contributed by atoms with Crippen LogP contribution in [-0.2, 0) is 18.4 Å². The number of aliphatic hydroxyl groups excluding tert-OH is 1. The second kappa shape index (κ2) is 24.1. The van der Waals surface area contributed by atoms with Crippen LogP contribution in [0.1, 0.15) is 136 Å². The highest BCUT2D eigenvalue weighted by molar-refractivity contribution is 7.45. The second-order valence-corrected chi connectivity index (χ2v) is 13.6. The van der Waals surface area contributed by atoms with Gasteiger partial charge in [0, 0.05) is 6.42 Å². The highest BCUT2D eigenvalue weighted by atomic mass is 31.2. The molecule has 0 aromatic carbocycles. The standard InChI is InChI=1S/C30H63N2O6P/c1-6-8-10-12-13-14-15-16-17-18-19-20-22-24-30(34)31-28(29(33)23-21-11-9-7-2)27-38-39(35,36)37-26-25-32(3,4)5/h28-29,33H,6-27H2,1-5H3,(H-,31,34,35,36). The summed E-state index contributed by atoms with van der Waals surface area (Å²) in [6, 6.07) is -0.787. The van der Waals surface area contributed by atoms with Gasteiger partial charge in [0.1, 0.15) is 13.2 Å². The molecule has 39 heavy (non-hydrogen) atoms. The van der Waals surface area contributed by atoms with Crippen LogP contribution in [0.2, 0.25) is 0 Å². The van der Waals surface area contributed by atoms with Crippen molar-refractivity contribution in [1.82, 2.24) is 5.32 Å². The largest absolute Gasteiger partial charge is 0.756 e. The Labute approximate surface area is 240 Å². The summed E-state index contributed by atoms with van der Waals surface area (Å²) in [5.41, 5.74) is 0. The van der Waals surface area contributed by atoms with E-state index in [1.807, 2.05) is 21.1 Å². The van der Waals surface area contributed by atoms with E-state index >= 15 is 0 Å². The summed E-state index contributed by atoms with van der Waals surface area (Å²) in [4.78, 5) is 24.8. The number of unbranched alkanes of at least 4 members (excludes halogenated alkanes) is 15. The van der Waals surface area contributed by atoms with Crippen molar-refractivity contribution in [1.29, 1.82) is 0 Å². The van der Waals surface area contributed by atoms with Gasteiger partial charge in [0.25, 0.3) is 7.82 Å². The predicted octanol–water partition coefficient (Wildman–Crippen LogP) is 6.49. The Hall–Kier alpha value is -0.500. The molecule has 9 heteroatoms. The van der Waals surface area contributed by atoms with E-state index in [-0.39, 0.29) is 19.1 Å². The molecule has 0 radical (unpaired) electrons. The van der Waals surface area contributed by atoms with Crippen LogP contribution in [0.3, 0.4) is 0 Å². The Balaban J connectivity index is 4.33. The van der Waals surface area contributed by atoms with E-state index in [0.29, 0.717) is 23.9 Å². The summed E-state index contributed by atoms with van der Waals surface area (Å²) in [6.45, 7) is 4.56. The molecule has 0 aromatic rings. The first-order valence-corrected chi connectivity index (χ1v) is 17.3. The van der Waals surface area contributed by atoms with Crippen molar-refractivity contribution in [3.8, 4) is 0 Å². The molecule has 1 amide bonds. The number of phosphoric ester groups is 1. The minimum absolute atomic E-state index is 0.0138. The number of phosphoric acid groups is 1. The molecular formula is C30H63N2O6P. The third-order valence-electron chi connectivity index (χ3n) is 7.10. The first kappa shape index (κ1) is 38.5. The van der Waals surface area contributed by atoms with Crippen LogP contribution in [0.15, 0.2) is 0 Å². The molecule has 0 aliphatic rings. The highest BCUT2D eigenvalue weighted by Crippen LogP contribution is 2.38. The van der Waals surface area contributed by atoms with Crippen LogP contribution in [0.25, 0.3) is 0 Å². The lowest BCUT2D eigenvalue weighted by Crippen LogP contribution is -2.46. The fourth-order valence-corrected chi connectivity index (χ4v) is 5.17. The van der Waals surface area contributed by atoms with Gasteiger partial charge in [0.2, 0.25) is 5.91 Å². The van der Waals surface area contributed by atoms with E-state index in [1.165, 1.54) is 64.2 Å². The fraction of sp³-hybridized carbons (Fsp3) is 0.967. The quantitative estimate of drug-likeness (QED) is 0.0624. The van der Waals surface area contributed by atoms with Gasteiger partial charge in [-0.1, -0.05) is 117 Å². The molecule has 0 saturated carbocycles. The van der Waals surface area contributed by atoms with Crippen molar-refractivity contribution in [2.75, 3.05) is 40.9 Å². The fourth-order valence-electron chi connectivity index (χ4n) is 4.45. The van der Waals surface area contributed by atoms with E-state index < -0.39 is 20.0 Å². The summed E-state index contributed by atoms with van der Waals surface area (Å²) in [5, 5.41) is 13.5. The molecule has 234 valence electrons. The zero-order chi connectivity index (χ0) is 29.4. The molecule has 8 nitrogen and oxygen atoms in total. The monoisotopic (exact) mass is 578 g/mol. The number of carbonyl (C=O) groups excluding carboxylic acids is 1. The Morgan fingerprint density at radius 3 is 1.74 bits per heavy atom. The number of carbonyl (C=O) groups is 1. The summed E-state index contributed by atoms with van der Waals surface area (Å²) in [7, 11) is 1.30. The minimum atomic E-state index is -4.53. The van der Waals surface area contributed by atoms with Crippen molar-refractivity contribution in [2.45, 2.75) is 148 Å². The Morgan fingerprint density at radius 1 is 0.795 bits per heavy atom. The van der Waals surface area contributed by atoms with Gasteiger partial charge in [-0.15, -0.1) is 0 Å². The molecule has 0 aliphatic carbocycles. The van der Waals surface area contributed by atoms with Crippen molar-refractivity contribution < 1.29 is 32.9 Å². The Kier molecular flexibility index (Phi) is 23.8. The third kappa shape index (κ3) is 26.2. The van der Waals surface area contributed by atoms with E-state index in [0.717, 1.165) is 44.9 Å². The van der Waals surface area contributed by atoms with Crippen LogP contribution in [0, 0.1) is 0 Å². The maximum absolute atomic E-state index is 12.6. The van der Waals surface area contributed by atoms with Crippen LogP contribution in [0.4, 0.5) is 0 Å². The maximum atomic E-state index is 12.6. The summed E-state index contributed by atoms with van der Waals surface area (Å²) in [5.74, 6) is -0.175. The smallest absolute Gasteiger partial charge is 0.268 e. The SMILES string of the molecule is CCCCCCCCCCCCCCCC(=O)NC(COP(=O)([O-])OCC[N+](C)(C)C)C(O)CCCCCC. The lowest BCUT2D eigenvalue weighted by molar-refractivity contribution is -0.870. The predicted molar refractivity (Wildman–Crippen MR) is 159 cm³/mol. The first-order chi connectivity index (χ1) is 18.5.